The van der Waals surface area contributed by atoms with Gasteiger partial charge in [-0.3, -0.25) is 29.4 Å². The number of amides is 2. The van der Waals surface area contributed by atoms with E-state index in [4.69, 9.17) is 4.74 Å². The molecule has 2 rings (SSSR count). The molecule has 1 aliphatic rings. The van der Waals surface area contributed by atoms with E-state index in [1.165, 1.54) is 0 Å². The Morgan fingerprint density at radius 3 is 2.63 bits per heavy atom. The number of halogens is 1. The number of carbonyl (C=O) groups is 3. The number of hydrogen-bond acceptors (Lipinski definition) is 6. The van der Waals surface area contributed by atoms with Crippen LogP contribution >= 0.6 is 15.9 Å². The average Bonchev–Trinajstić information content (AvgIpc) is 2.89. The van der Waals surface area contributed by atoms with Crippen LogP contribution in [0.2, 0.25) is 0 Å². The minimum atomic E-state index is -1.95. The summed E-state index contributed by atoms with van der Waals surface area (Å²) in [7, 11) is 1.11. The van der Waals surface area contributed by atoms with Crippen molar-refractivity contribution in [2.45, 2.75) is 32.1 Å². The molecule has 27 heavy (non-hydrogen) atoms. The second-order valence-electron chi connectivity index (χ2n) is 6.43. The van der Waals surface area contributed by atoms with Crippen molar-refractivity contribution in [1.29, 1.82) is 0 Å². The Labute approximate surface area is 165 Å². The Morgan fingerprint density at radius 1 is 1.41 bits per heavy atom. The van der Waals surface area contributed by atoms with Crippen LogP contribution in [0.5, 0.6) is 0 Å². The number of esters is 1. The topological polar surface area (TPSA) is 107 Å². The molecule has 0 bridgehead atoms. The lowest BCUT2D eigenvalue weighted by atomic mass is 9.70. The van der Waals surface area contributed by atoms with Crippen LogP contribution in [0.25, 0.3) is 0 Å². The van der Waals surface area contributed by atoms with E-state index in [2.05, 4.69) is 15.9 Å². The fourth-order valence-electron chi connectivity index (χ4n) is 3.49. The Bertz CT molecular complexity index is 768. The fraction of sp³-hybridized carbons (Fsp3) is 0.500. The second kappa shape index (κ2) is 8.60. The first kappa shape index (κ1) is 21.0. The highest BCUT2D eigenvalue weighted by atomic mass is 79.9. The number of rotatable bonds is 8. The van der Waals surface area contributed by atoms with Crippen LogP contribution in [0.4, 0.5) is 0 Å². The molecule has 0 radical (unpaired) electrons. The summed E-state index contributed by atoms with van der Waals surface area (Å²) in [5, 5.41) is 11.4. The zero-order chi connectivity index (χ0) is 20.2. The molecule has 0 spiro atoms. The molecule has 0 N–H and O–H groups in total. The quantitative estimate of drug-likeness (QED) is 0.202. The molecule has 2 atom stereocenters. The van der Waals surface area contributed by atoms with Crippen molar-refractivity contribution < 1.29 is 24.0 Å². The third-order valence-electron chi connectivity index (χ3n) is 4.85. The predicted molar refractivity (Wildman–Crippen MR) is 99.4 cm³/mol. The first-order valence-electron chi connectivity index (χ1n) is 8.59. The molecule has 0 saturated carbocycles. The number of ether oxygens (including phenoxy) is 1. The summed E-state index contributed by atoms with van der Waals surface area (Å²) >= 11 is 3.34. The summed E-state index contributed by atoms with van der Waals surface area (Å²) in [6, 6.07) is 6.66. The lowest BCUT2D eigenvalue weighted by Gasteiger charge is -2.31. The number of hydrogen-bond donors (Lipinski definition) is 0. The van der Waals surface area contributed by atoms with Crippen LogP contribution in [0.3, 0.4) is 0 Å². The summed E-state index contributed by atoms with van der Waals surface area (Å²) in [5.41, 5.74) is -1.53. The van der Waals surface area contributed by atoms with Crippen LogP contribution in [0.1, 0.15) is 37.7 Å². The van der Waals surface area contributed by atoms with Gasteiger partial charge in [0.25, 0.3) is 0 Å². The number of nitro groups is 1. The third kappa shape index (κ3) is 3.87. The van der Waals surface area contributed by atoms with Crippen LogP contribution in [0, 0.1) is 15.5 Å². The molecule has 0 unspecified atom stereocenters. The summed E-state index contributed by atoms with van der Waals surface area (Å²) < 4.78 is 5.38. The number of likely N-dealkylation sites (tertiary alicyclic amines) is 1. The van der Waals surface area contributed by atoms with Gasteiger partial charge in [0.1, 0.15) is 0 Å². The normalized spacial score (nSPS) is 20.6. The van der Waals surface area contributed by atoms with E-state index in [1.807, 2.05) is 6.92 Å². The maximum Gasteiger partial charge on any atom is 0.322 e. The van der Waals surface area contributed by atoms with Crippen LogP contribution in [-0.4, -0.2) is 47.8 Å². The Balaban J connectivity index is 2.63. The Kier molecular flexibility index (Phi) is 6.69. The minimum Gasteiger partial charge on any atom is -0.468 e. The van der Waals surface area contributed by atoms with Crippen LogP contribution in [-0.2, 0) is 19.1 Å². The highest BCUT2D eigenvalue weighted by molar-refractivity contribution is 9.10. The highest BCUT2D eigenvalue weighted by Gasteiger charge is 2.63. The molecule has 2 amide bonds. The third-order valence-corrected chi connectivity index (χ3v) is 5.57. The van der Waals surface area contributed by atoms with Gasteiger partial charge in [-0.15, -0.1) is 0 Å². The minimum absolute atomic E-state index is 0.175. The zero-order valence-corrected chi connectivity index (χ0v) is 16.7. The highest BCUT2D eigenvalue weighted by Crippen LogP contribution is 2.48. The Morgan fingerprint density at radius 2 is 2.07 bits per heavy atom. The molecule has 146 valence electrons. The van der Waals surface area contributed by atoms with E-state index in [9.17, 15) is 24.5 Å². The first-order chi connectivity index (χ1) is 12.8. The van der Waals surface area contributed by atoms with Gasteiger partial charge in [-0.2, -0.15) is 0 Å². The van der Waals surface area contributed by atoms with Crippen molar-refractivity contribution in [3.63, 3.8) is 0 Å². The number of unbranched alkanes of at least 4 members (excludes halogenated alkanes) is 1. The standard InChI is InChI=1S/C18H21BrN2O6/c1-3-4-9-20-15(22)10-18(16(20)23,17(24)27-2)13(11-21(25)26)12-7-5-6-8-14(12)19/h5-8,13H,3-4,9-11H2,1-2H3/t13-,18+/m0/s1. The van der Waals surface area contributed by atoms with Gasteiger partial charge in [-0.25, -0.2) is 0 Å². The molecule has 9 heteroatoms. The predicted octanol–water partition coefficient (Wildman–Crippen LogP) is 2.53. The molecule has 1 saturated heterocycles. The van der Waals surface area contributed by atoms with Gasteiger partial charge in [0.2, 0.25) is 18.4 Å². The van der Waals surface area contributed by atoms with Crippen LogP contribution < -0.4 is 0 Å². The van der Waals surface area contributed by atoms with Gasteiger partial charge < -0.3 is 4.74 Å². The summed E-state index contributed by atoms with van der Waals surface area (Å²) in [5.74, 6) is -3.31. The summed E-state index contributed by atoms with van der Waals surface area (Å²) in [6.45, 7) is 1.40. The largest absolute Gasteiger partial charge is 0.468 e. The smallest absolute Gasteiger partial charge is 0.322 e. The van der Waals surface area contributed by atoms with E-state index in [0.717, 1.165) is 18.4 Å². The maximum absolute atomic E-state index is 13.2. The molecule has 1 heterocycles. The van der Waals surface area contributed by atoms with Crippen molar-refractivity contribution in [2.75, 3.05) is 20.2 Å². The van der Waals surface area contributed by atoms with E-state index in [-0.39, 0.29) is 6.54 Å². The van der Waals surface area contributed by atoms with Gasteiger partial charge in [-0.1, -0.05) is 47.5 Å². The monoisotopic (exact) mass is 440 g/mol. The molecular weight excluding hydrogens is 420 g/mol. The first-order valence-corrected chi connectivity index (χ1v) is 9.38. The molecule has 0 aliphatic carbocycles. The summed E-state index contributed by atoms with van der Waals surface area (Å²) in [6.07, 6.45) is 0.899. The number of imide groups is 1. The Hall–Kier alpha value is -2.29. The van der Waals surface area contributed by atoms with Crippen molar-refractivity contribution >= 4 is 33.7 Å². The zero-order valence-electron chi connectivity index (χ0n) is 15.1. The van der Waals surface area contributed by atoms with Crippen molar-refractivity contribution in [3.05, 3.63) is 44.4 Å². The van der Waals surface area contributed by atoms with Gasteiger partial charge in [-0.05, 0) is 18.1 Å². The van der Waals surface area contributed by atoms with Gasteiger partial charge >= 0.3 is 5.97 Å². The molecule has 8 nitrogen and oxygen atoms in total. The van der Waals surface area contributed by atoms with Crippen molar-refractivity contribution in [2.24, 2.45) is 5.41 Å². The van der Waals surface area contributed by atoms with E-state index in [1.54, 1.807) is 24.3 Å². The van der Waals surface area contributed by atoms with E-state index >= 15 is 0 Å². The van der Waals surface area contributed by atoms with E-state index < -0.39 is 47.0 Å². The molecule has 1 fully saturated rings. The molecule has 1 aromatic rings. The average molecular weight is 441 g/mol. The molecule has 0 aromatic heterocycles. The lowest BCUT2D eigenvalue weighted by Crippen LogP contribution is -2.48. The van der Waals surface area contributed by atoms with Crippen molar-refractivity contribution in [3.8, 4) is 0 Å². The molecule has 1 aromatic carbocycles. The molecular formula is C18H21BrN2O6. The van der Waals surface area contributed by atoms with Gasteiger partial charge in [0.05, 0.1) is 19.4 Å². The molecule has 1 aliphatic heterocycles. The number of nitrogens with zero attached hydrogens (tertiary/aromatic N) is 2. The lowest BCUT2D eigenvalue weighted by molar-refractivity contribution is -0.485. The fourth-order valence-corrected chi connectivity index (χ4v) is 4.05. The summed E-state index contributed by atoms with van der Waals surface area (Å²) in [4.78, 5) is 50.4. The number of carbonyl (C=O) groups excluding carboxylic acids is 3. The van der Waals surface area contributed by atoms with Crippen LogP contribution in [0.15, 0.2) is 28.7 Å². The second-order valence-corrected chi connectivity index (χ2v) is 7.29. The van der Waals surface area contributed by atoms with Crippen molar-refractivity contribution in [1.82, 2.24) is 4.90 Å². The maximum atomic E-state index is 13.2. The van der Waals surface area contributed by atoms with Gasteiger partial charge in [0, 0.05) is 15.9 Å². The number of methoxy groups -OCH3 is 1. The SMILES string of the molecule is CCCCN1C(=O)C[C@@](C(=O)OC)([C@@H](C[N+](=O)[O-])c2ccccc2Br)C1=O. The number of benzene rings is 1. The van der Waals surface area contributed by atoms with E-state index in [0.29, 0.717) is 16.5 Å². The van der Waals surface area contributed by atoms with Gasteiger partial charge in [0.15, 0.2) is 5.41 Å².